The second kappa shape index (κ2) is 5.78. The van der Waals surface area contributed by atoms with Gasteiger partial charge >= 0.3 is 0 Å². The lowest BCUT2D eigenvalue weighted by molar-refractivity contribution is 0.484. The monoisotopic (exact) mass is 220 g/mol. The highest BCUT2D eigenvalue weighted by atomic mass is 14.9. The number of hydrogen-bond donors (Lipinski definition) is 2. The molecule has 0 aliphatic heterocycles. The molecule has 0 bridgehead atoms. The Kier molecular flexibility index (Phi) is 4.66. The highest BCUT2D eigenvalue weighted by Gasteiger charge is 2.08. The third kappa shape index (κ3) is 3.76. The molecule has 0 amide bonds. The number of nitrogen functional groups attached to an aromatic ring is 1. The van der Waals surface area contributed by atoms with Crippen molar-refractivity contribution in [3.63, 3.8) is 0 Å². The molecule has 0 saturated heterocycles. The predicted octanol–water partition coefficient (Wildman–Crippen LogP) is 3.81. The molecular weight excluding hydrogens is 196 g/mol. The smallest absolute Gasteiger partial charge is 0.0578 e. The Balaban J connectivity index is 2.61. The van der Waals surface area contributed by atoms with E-state index in [0.29, 0.717) is 6.04 Å². The van der Waals surface area contributed by atoms with Crippen molar-refractivity contribution >= 4 is 11.4 Å². The molecule has 0 radical (unpaired) electrons. The average Bonchev–Trinajstić information content (AvgIpc) is 2.23. The van der Waals surface area contributed by atoms with Crippen LogP contribution in [0, 0.1) is 12.8 Å². The first-order valence-electron chi connectivity index (χ1n) is 6.15. The first-order valence-corrected chi connectivity index (χ1v) is 6.15. The Hall–Kier alpha value is -1.18. The van der Waals surface area contributed by atoms with E-state index in [9.17, 15) is 0 Å². The minimum atomic E-state index is 0.471. The first kappa shape index (κ1) is 12.9. The molecule has 1 aromatic rings. The van der Waals surface area contributed by atoms with Gasteiger partial charge in [-0.1, -0.05) is 26.3 Å². The van der Waals surface area contributed by atoms with Crippen molar-refractivity contribution in [3.05, 3.63) is 23.8 Å². The molecule has 0 heterocycles. The summed E-state index contributed by atoms with van der Waals surface area (Å²) in [6.07, 6.45) is 2.42. The third-order valence-corrected chi connectivity index (χ3v) is 3.06. The fourth-order valence-corrected chi connectivity index (χ4v) is 1.89. The number of aryl methyl sites for hydroxylation is 1. The molecule has 90 valence electrons. The van der Waals surface area contributed by atoms with Crippen molar-refractivity contribution in [2.75, 3.05) is 11.1 Å². The van der Waals surface area contributed by atoms with E-state index in [1.54, 1.807) is 0 Å². The van der Waals surface area contributed by atoms with Crippen molar-refractivity contribution in [1.29, 1.82) is 0 Å². The van der Waals surface area contributed by atoms with Gasteiger partial charge in [-0.15, -0.1) is 0 Å². The first-order chi connectivity index (χ1) is 7.52. The largest absolute Gasteiger partial charge is 0.397 e. The SMILES string of the molecule is CCC(C)CC(C)Nc1cc(C)ccc1N. The van der Waals surface area contributed by atoms with Crippen LogP contribution in [-0.4, -0.2) is 6.04 Å². The molecule has 1 aromatic carbocycles. The van der Waals surface area contributed by atoms with E-state index in [1.165, 1.54) is 18.4 Å². The molecule has 2 heteroatoms. The molecule has 2 atom stereocenters. The summed E-state index contributed by atoms with van der Waals surface area (Å²) in [5.41, 5.74) is 9.08. The molecule has 0 saturated carbocycles. The van der Waals surface area contributed by atoms with E-state index in [2.05, 4.69) is 39.1 Å². The van der Waals surface area contributed by atoms with Crippen LogP contribution in [0.15, 0.2) is 18.2 Å². The minimum Gasteiger partial charge on any atom is -0.397 e. The Morgan fingerprint density at radius 1 is 1.31 bits per heavy atom. The van der Waals surface area contributed by atoms with Crippen molar-refractivity contribution in [1.82, 2.24) is 0 Å². The zero-order valence-corrected chi connectivity index (χ0v) is 10.9. The van der Waals surface area contributed by atoms with Gasteiger partial charge in [-0.25, -0.2) is 0 Å². The lowest BCUT2D eigenvalue weighted by atomic mass is 10.00. The third-order valence-electron chi connectivity index (χ3n) is 3.06. The zero-order chi connectivity index (χ0) is 12.1. The Bertz CT molecular complexity index is 334. The quantitative estimate of drug-likeness (QED) is 0.740. The second-order valence-electron chi connectivity index (χ2n) is 4.89. The summed E-state index contributed by atoms with van der Waals surface area (Å²) in [7, 11) is 0. The van der Waals surface area contributed by atoms with E-state index in [-0.39, 0.29) is 0 Å². The summed E-state index contributed by atoms with van der Waals surface area (Å²) >= 11 is 0. The van der Waals surface area contributed by atoms with Crippen LogP contribution < -0.4 is 11.1 Å². The van der Waals surface area contributed by atoms with E-state index < -0.39 is 0 Å². The lowest BCUT2D eigenvalue weighted by Crippen LogP contribution is -2.19. The van der Waals surface area contributed by atoms with Gasteiger partial charge in [-0.05, 0) is 43.9 Å². The van der Waals surface area contributed by atoms with Gasteiger partial charge in [0.2, 0.25) is 0 Å². The minimum absolute atomic E-state index is 0.471. The summed E-state index contributed by atoms with van der Waals surface area (Å²) in [5.74, 6) is 0.758. The van der Waals surface area contributed by atoms with E-state index in [1.807, 2.05) is 12.1 Å². The van der Waals surface area contributed by atoms with Gasteiger partial charge in [0, 0.05) is 6.04 Å². The van der Waals surface area contributed by atoms with Crippen LogP contribution >= 0.6 is 0 Å². The number of benzene rings is 1. The standard InChI is InChI=1S/C14H24N2/c1-5-10(2)8-12(4)16-14-9-11(3)6-7-13(14)15/h6-7,9-10,12,16H,5,8,15H2,1-4H3. The number of nitrogens with two attached hydrogens (primary N) is 1. The molecule has 0 aliphatic rings. The highest BCUT2D eigenvalue weighted by molar-refractivity contribution is 5.67. The van der Waals surface area contributed by atoms with Crippen LogP contribution in [0.5, 0.6) is 0 Å². The molecule has 1 rings (SSSR count). The molecular formula is C14H24N2. The fourth-order valence-electron chi connectivity index (χ4n) is 1.89. The van der Waals surface area contributed by atoms with Crippen LogP contribution in [-0.2, 0) is 0 Å². The van der Waals surface area contributed by atoms with E-state index in [0.717, 1.165) is 17.3 Å². The van der Waals surface area contributed by atoms with E-state index >= 15 is 0 Å². The summed E-state index contributed by atoms with van der Waals surface area (Å²) < 4.78 is 0. The van der Waals surface area contributed by atoms with Crippen LogP contribution in [0.25, 0.3) is 0 Å². The molecule has 2 unspecified atom stereocenters. The maximum Gasteiger partial charge on any atom is 0.0578 e. The number of rotatable bonds is 5. The summed E-state index contributed by atoms with van der Waals surface area (Å²) in [5, 5.41) is 3.49. The van der Waals surface area contributed by atoms with Gasteiger partial charge in [0.25, 0.3) is 0 Å². The summed E-state index contributed by atoms with van der Waals surface area (Å²) in [6.45, 7) is 8.83. The van der Waals surface area contributed by atoms with Gasteiger partial charge in [-0.2, -0.15) is 0 Å². The molecule has 0 aromatic heterocycles. The van der Waals surface area contributed by atoms with Gasteiger partial charge in [0.05, 0.1) is 11.4 Å². The Morgan fingerprint density at radius 2 is 2.00 bits per heavy atom. The second-order valence-corrected chi connectivity index (χ2v) is 4.89. The fraction of sp³-hybridized carbons (Fsp3) is 0.571. The maximum atomic E-state index is 5.94. The Labute approximate surface area is 99.2 Å². The van der Waals surface area contributed by atoms with Gasteiger partial charge in [-0.3, -0.25) is 0 Å². The van der Waals surface area contributed by atoms with Crippen LogP contribution in [0.3, 0.4) is 0 Å². The number of anilines is 2. The van der Waals surface area contributed by atoms with Crippen molar-refractivity contribution in [2.45, 2.75) is 46.6 Å². The summed E-state index contributed by atoms with van der Waals surface area (Å²) in [6, 6.07) is 6.59. The number of hydrogen-bond acceptors (Lipinski definition) is 2. The Morgan fingerprint density at radius 3 is 2.62 bits per heavy atom. The molecule has 0 fully saturated rings. The zero-order valence-electron chi connectivity index (χ0n) is 10.9. The van der Waals surface area contributed by atoms with Crippen molar-refractivity contribution in [3.8, 4) is 0 Å². The van der Waals surface area contributed by atoms with Crippen LogP contribution in [0.1, 0.15) is 39.2 Å². The molecule has 2 nitrogen and oxygen atoms in total. The molecule has 0 spiro atoms. The summed E-state index contributed by atoms with van der Waals surface area (Å²) in [4.78, 5) is 0. The van der Waals surface area contributed by atoms with Crippen LogP contribution in [0.2, 0.25) is 0 Å². The van der Waals surface area contributed by atoms with Crippen LogP contribution in [0.4, 0.5) is 11.4 Å². The van der Waals surface area contributed by atoms with E-state index in [4.69, 9.17) is 5.73 Å². The average molecular weight is 220 g/mol. The van der Waals surface area contributed by atoms with Gasteiger partial charge < -0.3 is 11.1 Å². The highest BCUT2D eigenvalue weighted by Crippen LogP contribution is 2.22. The van der Waals surface area contributed by atoms with Gasteiger partial charge in [0.15, 0.2) is 0 Å². The molecule has 3 N–H and O–H groups in total. The van der Waals surface area contributed by atoms with Gasteiger partial charge in [0.1, 0.15) is 0 Å². The van der Waals surface area contributed by atoms with Crippen molar-refractivity contribution < 1.29 is 0 Å². The molecule has 16 heavy (non-hydrogen) atoms. The topological polar surface area (TPSA) is 38.0 Å². The maximum absolute atomic E-state index is 5.94. The predicted molar refractivity (Wildman–Crippen MR) is 72.7 cm³/mol. The van der Waals surface area contributed by atoms with Crippen molar-refractivity contribution in [2.24, 2.45) is 5.92 Å². The lowest BCUT2D eigenvalue weighted by Gasteiger charge is -2.20. The molecule has 0 aliphatic carbocycles. The number of nitrogens with one attached hydrogen (secondary N) is 1. The normalized spacial score (nSPS) is 14.5.